The van der Waals surface area contributed by atoms with Gasteiger partial charge in [0.15, 0.2) is 0 Å². The van der Waals surface area contributed by atoms with E-state index in [9.17, 15) is 21.2 Å². The highest BCUT2D eigenvalue weighted by Gasteiger charge is 2.37. The minimum atomic E-state index is -3.95. The monoisotopic (exact) mass is 380 g/mol. The molecule has 24 heavy (non-hydrogen) atoms. The molecule has 0 amide bonds. The van der Waals surface area contributed by atoms with E-state index in [-0.39, 0.29) is 43.4 Å². The maximum absolute atomic E-state index is 14.3. The largest absolute Gasteiger partial charge is 0.379 e. The zero-order chi connectivity index (χ0) is 17.7. The van der Waals surface area contributed by atoms with Gasteiger partial charge in [-0.3, -0.25) is 13.3 Å². The second kappa shape index (κ2) is 5.72. The Morgan fingerprint density at radius 3 is 2.25 bits per heavy atom. The van der Waals surface area contributed by atoms with Crippen molar-refractivity contribution in [1.29, 1.82) is 0 Å². The van der Waals surface area contributed by atoms with Gasteiger partial charge >= 0.3 is 20.4 Å². The van der Waals surface area contributed by atoms with Gasteiger partial charge in [0, 0.05) is 33.3 Å². The van der Waals surface area contributed by atoms with Crippen LogP contribution in [0.5, 0.6) is 0 Å². The number of fused-ring (bicyclic) bond motifs is 1. The molecule has 3 rings (SSSR count). The number of hydrogen-bond acceptors (Lipinski definition) is 5. The number of rotatable bonds is 3. The molecule has 1 saturated heterocycles. The van der Waals surface area contributed by atoms with Crippen molar-refractivity contribution < 1.29 is 26.0 Å². The maximum Gasteiger partial charge on any atom is 0.326 e. The lowest BCUT2D eigenvalue weighted by Gasteiger charge is -2.26. The van der Waals surface area contributed by atoms with Gasteiger partial charge in [0.05, 0.1) is 30.3 Å². The summed E-state index contributed by atoms with van der Waals surface area (Å²) >= 11 is 0. The lowest BCUT2D eigenvalue weighted by molar-refractivity contribution is 0.0733. The summed E-state index contributed by atoms with van der Waals surface area (Å²) in [6, 6.07) is 2.16. The molecule has 12 heteroatoms. The molecule has 1 aromatic carbocycles. The highest BCUT2D eigenvalue weighted by Crippen LogP contribution is 2.41. The number of benzene rings is 1. The Morgan fingerprint density at radius 1 is 1.12 bits per heavy atom. The van der Waals surface area contributed by atoms with Crippen LogP contribution in [0.4, 0.5) is 21.5 Å². The van der Waals surface area contributed by atoms with Crippen LogP contribution in [0.25, 0.3) is 0 Å². The molecule has 0 saturated carbocycles. The van der Waals surface area contributed by atoms with Gasteiger partial charge in [-0.05, 0) is 6.07 Å². The van der Waals surface area contributed by atoms with E-state index in [1.807, 2.05) is 0 Å². The zero-order valence-electron chi connectivity index (χ0n) is 13.1. The summed E-state index contributed by atoms with van der Waals surface area (Å²) in [7, 11) is -5.10. The van der Waals surface area contributed by atoms with Gasteiger partial charge in [-0.15, -0.1) is 0 Å². The lowest BCUT2D eigenvalue weighted by Crippen LogP contribution is -2.43. The first-order chi connectivity index (χ1) is 11.1. The minimum absolute atomic E-state index is 0.143. The van der Waals surface area contributed by atoms with Crippen molar-refractivity contribution in [3.8, 4) is 0 Å². The molecule has 0 unspecified atom stereocenters. The van der Waals surface area contributed by atoms with E-state index in [1.54, 1.807) is 0 Å². The maximum atomic E-state index is 14.3. The first kappa shape index (κ1) is 17.2. The Labute approximate surface area is 140 Å². The minimum Gasteiger partial charge on any atom is -0.379 e. The van der Waals surface area contributed by atoms with Crippen molar-refractivity contribution in [2.45, 2.75) is 0 Å². The number of anilines is 3. The Balaban J connectivity index is 1.95. The van der Waals surface area contributed by atoms with E-state index in [4.69, 9.17) is 4.74 Å². The Morgan fingerprint density at radius 2 is 1.67 bits per heavy atom. The summed E-state index contributed by atoms with van der Waals surface area (Å²) < 4.78 is 73.4. The molecular weight excluding hydrogens is 363 g/mol. The van der Waals surface area contributed by atoms with Crippen LogP contribution >= 0.6 is 0 Å². The van der Waals surface area contributed by atoms with Crippen LogP contribution in [0.2, 0.25) is 0 Å². The molecule has 9 nitrogen and oxygen atoms in total. The summed E-state index contributed by atoms with van der Waals surface area (Å²) in [5.74, 6) is -0.858. The van der Waals surface area contributed by atoms with Crippen LogP contribution in [0.1, 0.15) is 0 Å². The van der Waals surface area contributed by atoms with Crippen LogP contribution < -0.4 is 13.3 Å². The van der Waals surface area contributed by atoms with Crippen molar-refractivity contribution in [3.05, 3.63) is 17.9 Å². The molecule has 1 N–H and O–H groups in total. The van der Waals surface area contributed by atoms with Gasteiger partial charge in [-0.2, -0.15) is 21.1 Å². The van der Waals surface area contributed by atoms with E-state index >= 15 is 0 Å². The van der Waals surface area contributed by atoms with Gasteiger partial charge in [0.1, 0.15) is 5.82 Å². The van der Waals surface area contributed by atoms with Crippen LogP contribution in [0, 0.1) is 5.82 Å². The zero-order valence-corrected chi connectivity index (χ0v) is 14.7. The molecule has 0 atom stereocenters. The highest BCUT2D eigenvalue weighted by atomic mass is 32.2. The van der Waals surface area contributed by atoms with Crippen molar-refractivity contribution in [2.24, 2.45) is 0 Å². The Bertz CT molecular complexity index is 868. The normalized spacial score (nSPS) is 21.0. The number of nitrogens with zero attached hydrogens (tertiary/aromatic N) is 3. The summed E-state index contributed by atoms with van der Waals surface area (Å²) in [6.07, 6.45) is 0. The number of hydrogen-bond donors (Lipinski definition) is 1. The number of halogens is 1. The topological polar surface area (TPSA) is 99.3 Å². The van der Waals surface area contributed by atoms with Crippen molar-refractivity contribution >= 4 is 37.5 Å². The third-order valence-electron chi connectivity index (χ3n) is 3.98. The summed E-state index contributed by atoms with van der Waals surface area (Å²) in [5, 5.41) is 0. The second-order valence-electron chi connectivity index (χ2n) is 5.38. The second-order valence-corrected chi connectivity index (χ2v) is 9.04. The van der Waals surface area contributed by atoms with Crippen LogP contribution in [-0.2, 0) is 25.2 Å². The van der Waals surface area contributed by atoms with E-state index in [1.165, 1.54) is 20.2 Å². The first-order valence-corrected chi connectivity index (χ1v) is 9.90. The summed E-state index contributed by atoms with van der Waals surface area (Å²) in [6.45, 7) is 0.858. The Hall–Kier alpha value is -1.63. The average Bonchev–Trinajstić information content (AvgIpc) is 2.70. The molecule has 1 aromatic rings. The lowest BCUT2D eigenvalue weighted by atomic mass is 10.2. The van der Waals surface area contributed by atoms with Crippen molar-refractivity contribution in [2.75, 3.05) is 53.7 Å². The summed E-state index contributed by atoms with van der Waals surface area (Å²) in [4.78, 5) is 0. The van der Waals surface area contributed by atoms with E-state index in [0.29, 0.717) is 0 Å². The van der Waals surface area contributed by atoms with Crippen LogP contribution in [0.3, 0.4) is 0 Å². The van der Waals surface area contributed by atoms with Gasteiger partial charge in [0.2, 0.25) is 0 Å². The quantitative estimate of drug-likeness (QED) is 0.792. The van der Waals surface area contributed by atoms with Crippen molar-refractivity contribution in [3.63, 3.8) is 0 Å². The molecule has 1 fully saturated rings. The van der Waals surface area contributed by atoms with Crippen LogP contribution in [0.15, 0.2) is 12.1 Å². The molecule has 2 heterocycles. The number of morpholine rings is 1. The number of nitrogens with one attached hydrogen (secondary N) is 1. The van der Waals surface area contributed by atoms with E-state index < -0.39 is 26.2 Å². The molecule has 134 valence electrons. The first-order valence-electron chi connectivity index (χ1n) is 7.06. The van der Waals surface area contributed by atoms with E-state index in [2.05, 4.69) is 4.72 Å². The van der Waals surface area contributed by atoms with Gasteiger partial charge in [-0.25, -0.2) is 4.39 Å². The molecule has 0 aliphatic carbocycles. The van der Waals surface area contributed by atoms with Crippen molar-refractivity contribution in [1.82, 2.24) is 4.31 Å². The third-order valence-corrected chi connectivity index (χ3v) is 7.28. The Kier molecular flexibility index (Phi) is 4.10. The number of ether oxygens (including phenoxy) is 1. The SMILES string of the molecule is CN1c2cc(F)c(NS(=O)(=O)N3CCOCC3)cc2N(C)S1(=O)=O. The van der Waals surface area contributed by atoms with Gasteiger partial charge in [-0.1, -0.05) is 0 Å². The third kappa shape index (κ3) is 2.68. The predicted molar refractivity (Wildman–Crippen MR) is 87.1 cm³/mol. The molecule has 0 aromatic heterocycles. The fourth-order valence-corrected chi connectivity index (χ4v) is 4.91. The fraction of sp³-hybridized carbons (Fsp3) is 0.500. The van der Waals surface area contributed by atoms with Gasteiger partial charge in [0.25, 0.3) is 0 Å². The van der Waals surface area contributed by atoms with Gasteiger partial charge < -0.3 is 4.74 Å². The fourth-order valence-electron chi connectivity index (χ4n) is 2.56. The molecule has 0 radical (unpaired) electrons. The van der Waals surface area contributed by atoms with Crippen LogP contribution in [-0.4, -0.2) is 61.5 Å². The molecule has 0 bridgehead atoms. The molecule has 2 aliphatic rings. The molecular formula is C12H17FN4O5S2. The smallest absolute Gasteiger partial charge is 0.326 e. The summed E-state index contributed by atoms with van der Waals surface area (Å²) in [5.41, 5.74) is 0.0282. The highest BCUT2D eigenvalue weighted by molar-refractivity contribution is 7.94. The predicted octanol–water partition coefficient (Wildman–Crippen LogP) is -0.0546. The van der Waals surface area contributed by atoms with E-state index in [0.717, 1.165) is 19.0 Å². The molecule has 0 spiro atoms. The average molecular weight is 380 g/mol. The standard InChI is InChI=1S/C12H17FN4O5S2/c1-15-11-7-9(13)10(8-12(11)16(2)24(15,20)21)14-23(18,19)17-3-5-22-6-4-17/h7-8,14H,3-6H2,1-2H3. The molecule has 2 aliphatic heterocycles.